The molecule has 0 saturated heterocycles. The predicted octanol–water partition coefficient (Wildman–Crippen LogP) is -0.265. The molecule has 0 bridgehead atoms. The van der Waals surface area contributed by atoms with Crippen molar-refractivity contribution in [1.82, 2.24) is 16.0 Å². The van der Waals surface area contributed by atoms with Crippen molar-refractivity contribution in [1.29, 1.82) is 0 Å². The smallest absolute Gasteiger partial charge is 0.243 e. The van der Waals surface area contributed by atoms with Gasteiger partial charge in [0, 0.05) is 39.5 Å². The van der Waals surface area contributed by atoms with Gasteiger partial charge in [0.15, 0.2) is 0 Å². The van der Waals surface area contributed by atoms with Crippen LogP contribution in [0.2, 0.25) is 0 Å². The van der Waals surface area contributed by atoms with E-state index in [0.29, 0.717) is 58.2 Å². The highest BCUT2D eigenvalue weighted by Crippen LogP contribution is 2.13. The minimum atomic E-state index is -0.579. The van der Waals surface area contributed by atoms with Gasteiger partial charge in [0.25, 0.3) is 0 Å². The molecule has 0 heterocycles. The lowest BCUT2D eigenvalue weighted by molar-refractivity contribution is -0.126. The number of hydrogen-bond acceptors (Lipinski definition) is 9. The first-order chi connectivity index (χ1) is 18.8. The van der Waals surface area contributed by atoms with Crippen LogP contribution in [-0.2, 0) is 28.6 Å². The third-order valence-corrected chi connectivity index (χ3v) is 5.63. The molecule has 3 amide bonds. The molecule has 39 heavy (non-hydrogen) atoms. The number of aliphatic hydroxyl groups is 3. The molecule has 0 aliphatic heterocycles. The van der Waals surface area contributed by atoms with Crippen molar-refractivity contribution < 1.29 is 43.9 Å². The van der Waals surface area contributed by atoms with E-state index in [1.807, 2.05) is 0 Å². The lowest BCUT2D eigenvalue weighted by atomic mass is 10.1. The number of carbonyl (C=O) groups is 3. The molecule has 12 heteroatoms. The van der Waals surface area contributed by atoms with Crippen molar-refractivity contribution in [3.8, 4) is 0 Å². The van der Waals surface area contributed by atoms with Gasteiger partial charge < -0.3 is 45.5 Å². The first-order valence-corrected chi connectivity index (χ1v) is 13.2. The summed E-state index contributed by atoms with van der Waals surface area (Å²) in [6.07, 6.45) is 4.16. The van der Waals surface area contributed by atoms with Crippen molar-refractivity contribution >= 4 is 17.7 Å². The Morgan fingerprint density at radius 2 is 0.897 bits per heavy atom. The maximum absolute atomic E-state index is 11.5. The number of hydrogen-bond donors (Lipinski definition) is 6. The molecule has 6 N–H and O–H groups in total. The molecule has 3 atom stereocenters. The molecule has 0 aromatic heterocycles. The van der Waals surface area contributed by atoms with Gasteiger partial charge in [-0.05, 0) is 56.8 Å². The molecule has 0 spiro atoms. The second-order valence-electron chi connectivity index (χ2n) is 8.68. The summed E-state index contributed by atoms with van der Waals surface area (Å²) >= 11 is 0. The van der Waals surface area contributed by atoms with Gasteiger partial charge in [-0.25, -0.2) is 0 Å². The van der Waals surface area contributed by atoms with Crippen LogP contribution in [-0.4, -0.2) is 110 Å². The van der Waals surface area contributed by atoms with Crippen LogP contribution in [0.15, 0.2) is 38.0 Å². The van der Waals surface area contributed by atoms with Gasteiger partial charge in [0.2, 0.25) is 17.7 Å². The fourth-order valence-corrected chi connectivity index (χ4v) is 3.51. The van der Waals surface area contributed by atoms with Crippen LogP contribution in [0.3, 0.4) is 0 Å². The Hall–Kier alpha value is -2.61. The molecule has 12 nitrogen and oxygen atoms in total. The monoisotopic (exact) mass is 557 g/mol. The fraction of sp³-hybridized carbons (Fsp3) is 0.667. The van der Waals surface area contributed by atoms with E-state index in [4.69, 9.17) is 14.2 Å². The number of amides is 3. The molecule has 0 aliphatic carbocycles. The number of carbonyl (C=O) groups excluding carboxylic acids is 3. The number of nitrogens with one attached hydrogen (secondary N) is 3. The molecule has 3 unspecified atom stereocenters. The van der Waals surface area contributed by atoms with Crippen LogP contribution in [0.4, 0.5) is 0 Å². The average Bonchev–Trinajstić information content (AvgIpc) is 2.93. The van der Waals surface area contributed by atoms with E-state index < -0.39 is 12.2 Å². The first kappa shape index (κ1) is 36.4. The summed E-state index contributed by atoms with van der Waals surface area (Å²) in [4.78, 5) is 34.3. The summed E-state index contributed by atoms with van der Waals surface area (Å²) in [5, 5.41) is 36.4. The number of ether oxygens (including phenoxy) is 3. The normalized spacial score (nSPS) is 13.9. The van der Waals surface area contributed by atoms with Crippen molar-refractivity contribution in [2.24, 2.45) is 0 Å². The van der Waals surface area contributed by atoms with E-state index in [9.17, 15) is 29.7 Å². The maximum Gasteiger partial charge on any atom is 0.243 e. The molecule has 0 aliphatic rings. The highest BCUT2D eigenvalue weighted by Gasteiger charge is 2.22. The summed E-state index contributed by atoms with van der Waals surface area (Å²) in [5.74, 6) is -0.921. The van der Waals surface area contributed by atoms with Crippen LogP contribution >= 0.6 is 0 Å². The van der Waals surface area contributed by atoms with Gasteiger partial charge in [-0.3, -0.25) is 14.4 Å². The van der Waals surface area contributed by atoms with Crippen LogP contribution in [0.1, 0.15) is 38.5 Å². The highest BCUT2D eigenvalue weighted by molar-refractivity contribution is 5.87. The topological polar surface area (TPSA) is 176 Å². The van der Waals surface area contributed by atoms with Gasteiger partial charge in [-0.15, -0.1) is 0 Å². The second kappa shape index (κ2) is 24.4. The van der Waals surface area contributed by atoms with Crippen molar-refractivity contribution in [3.05, 3.63) is 38.0 Å². The van der Waals surface area contributed by atoms with Crippen molar-refractivity contribution in [3.63, 3.8) is 0 Å². The Labute approximate surface area is 231 Å². The fourth-order valence-electron chi connectivity index (χ4n) is 3.51. The summed E-state index contributed by atoms with van der Waals surface area (Å²) in [6, 6.07) is 0. The quantitative estimate of drug-likeness (QED) is 0.0782. The molecule has 0 aromatic rings. The van der Waals surface area contributed by atoms with Crippen molar-refractivity contribution in [2.45, 2.75) is 62.9 Å². The third kappa shape index (κ3) is 20.0. The molecular formula is C27H47N3O9. The zero-order valence-electron chi connectivity index (χ0n) is 22.9. The van der Waals surface area contributed by atoms with E-state index in [1.54, 1.807) is 0 Å². The van der Waals surface area contributed by atoms with Gasteiger partial charge in [-0.2, -0.15) is 0 Å². The second-order valence-corrected chi connectivity index (χ2v) is 8.68. The molecule has 0 aromatic carbocycles. The van der Waals surface area contributed by atoms with Crippen LogP contribution in [0.25, 0.3) is 0 Å². The summed E-state index contributed by atoms with van der Waals surface area (Å²) in [5.41, 5.74) is 0. The minimum absolute atomic E-state index is 0.0973. The standard InChI is InChI=1S/C27H47N3O9/c1-4-25(34)28-13-7-21(10-16-31)37-19-24(39-23(12-18-33)9-15-30-27(36)6-3)20-38-22(11-17-32)8-14-29-26(35)5-2/h4-6,21-24,31-33H,1-3,7-20H2,(H,28,34)(H,29,35)(H,30,36). The van der Waals surface area contributed by atoms with Gasteiger partial charge in [0.1, 0.15) is 6.10 Å². The van der Waals surface area contributed by atoms with Gasteiger partial charge >= 0.3 is 0 Å². The van der Waals surface area contributed by atoms with E-state index in [1.165, 1.54) is 18.2 Å². The van der Waals surface area contributed by atoms with E-state index in [0.717, 1.165) is 0 Å². The van der Waals surface area contributed by atoms with Crippen LogP contribution in [0.5, 0.6) is 0 Å². The summed E-state index contributed by atoms with van der Waals surface area (Å²) in [6.45, 7) is 11.1. The third-order valence-electron chi connectivity index (χ3n) is 5.63. The molecule has 0 saturated carbocycles. The Morgan fingerprint density at radius 3 is 1.23 bits per heavy atom. The summed E-state index contributed by atoms with van der Waals surface area (Å²) < 4.78 is 18.2. The Morgan fingerprint density at radius 1 is 0.564 bits per heavy atom. The van der Waals surface area contributed by atoms with Crippen LogP contribution in [0, 0.1) is 0 Å². The zero-order valence-corrected chi connectivity index (χ0v) is 22.9. The van der Waals surface area contributed by atoms with E-state index in [2.05, 4.69) is 35.7 Å². The highest BCUT2D eigenvalue weighted by atomic mass is 16.6. The SMILES string of the molecule is C=CC(=O)NCCC(CCO)OCC(COC(CCO)CCNC(=O)C=C)OC(CCO)CCNC(=O)C=C. The zero-order chi connectivity index (χ0) is 29.3. The molecule has 224 valence electrons. The largest absolute Gasteiger partial charge is 0.396 e. The lowest BCUT2D eigenvalue weighted by Gasteiger charge is -2.28. The van der Waals surface area contributed by atoms with Crippen molar-refractivity contribution in [2.75, 3.05) is 52.7 Å². The lowest BCUT2D eigenvalue weighted by Crippen LogP contribution is -2.37. The molecule has 0 radical (unpaired) electrons. The number of aliphatic hydroxyl groups excluding tert-OH is 3. The Kier molecular flexibility index (Phi) is 22.8. The number of rotatable bonds is 26. The maximum atomic E-state index is 11.5. The van der Waals surface area contributed by atoms with Crippen LogP contribution < -0.4 is 16.0 Å². The molecular weight excluding hydrogens is 510 g/mol. The van der Waals surface area contributed by atoms with Gasteiger partial charge in [-0.1, -0.05) is 19.7 Å². The van der Waals surface area contributed by atoms with E-state index >= 15 is 0 Å². The first-order valence-electron chi connectivity index (χ1n) is 13.2. The minimum Gasteiger partial charge on any atom is -0.396 e. The van der Waals surface area contributed by atoms with E-state index in [-0.39, 0.29) is 63.0 Å². The average molecular weight is 558 g/mol. The van der Waals surface area contributed by atoms with Gasteiger partial charge in [0.05, 0.1) is 31.5 Å². The summed E-state index contributed by atoms with van der Waals surface area (Å²) in [7, 11) is 0. The Bertz CT molecular complexity index is 681. The molecule has 0 rings (SSSR count). The molecule has 0 fully saturated rings. The Balaban J connectivity index is 5.29. The predicted molar refractivity (Wildman–Crippen MR) is 147 cm³/mol.